The van der Waals surface area contributed by atoms with E-state index < -0.39 is 51.1 Å². The second kappa shape index (κ2) is 8.56. The molecule has 0 spiro atoms. The fourth-order valence-electron chi connectivity index (χ4n) is 7.92. The first-order valence-corrected chi connectivity index (χ1v) is 11.9. The number of allylic oxidation sites excluding steroid dienone is 1. The summed E-state index contributed by atoms with van der Waals surface area (Å²) in [5.74, 6) is -2.05. The summed E-state index contributed by atoms with van der Waals surface area (Å²) in [6.45, 7) is 4.16. The van der Waals surface area contributed by atoms with Crippen molar-refractivity contribution in [2.45, 2.75) is 77.4 Å². The van der Waals surface area contributed by atoms with E-state index >= 15 is 0 Å². The second-order valence-corrected chi connectivity index (χ2v) is 10.8. The molecule has 0 N–H and O–H groups in total. The average Bonchev–Trinajstić information content (AvgIpc) is 3.04. The number of Topliss-reactive ketones (excluding diaryl/α,β-unsaturated/α-hetero) is 1. The Morgan fingerprint density at radius 1 is 1.11 bits per heavy atom. The minimum atomic E-state index is -1.92. The lowest BCUT2D eigenvalue weighted by Gasteiger charge is -2.60. The molecule has 7 atom stereocenters. The highest BCUT2D eigenvalue weighted by molar-refractivity contribution is 5.92. The smallest absolute Gasteiger partial charge is 0.303 e. The van der Waals surface area contributed by atoms with E-state index in [9.17, 15) is 34.6 Å². The maximum absolute atomic E-state index is 13.4. The van der Waals surface area contributed by atoms with Gasteiger partial charge in [0.25, 0.3) is 10.2 Å². The monoisotopic (exact) mass is 494 g/mol. The molecule has 1 unspecified atom stereocenters. The van der Waals surface area contributed by atoms with Crippen molar-refractivity contribution in [3.05, 3.63) is 31.9 Å². The molecule has 192 valence electrons. The van der Waals surface area contributed by atoms with Gasteiger partial charge in [0.15, 0.2) is 18.0 Å². The van der Waals surface area contributed by atoms with E-state index in [1.807, 2.05) is 6.92 Å². The number of esters is 1. The molecule has 4 aliphatic rings. The van der Waals surface area contributed by atoms with E-state index in [1.54, 1.807) is 13.0 Å². The Morgan fingerprint density at radius 2 is 1.83 bits per heavy atom. The molecule has 3 saturated carbocycles. The lowest BCUT2D eigenvalue weighted by atomic mass is 9.45. The number of nitrogens with zero attached hydrogens (tertiary/aromatic N) is 2. The standard InChI is InChI=1S/C23H30N2O10/c1-13(26)33-12-19(28)23(35-25(31)32)9-7-17-16-5-4-14-10-15(27)6-8-21(14,2)20(16)18(34-24(29)30)11-22(17,23)3/h10,16-18,20H,4-9,11-12H2,1-3H3/t16-,17-,18?,20+,21-,22-,23-/m0/s1. The maximum atomic E-state index is 13.4. The Morgan fingerprint density at radius 3 is 2.46 bits per heavy atom. The van der Waals surface area contributed by atoms with Crippen molar-refractivity contribution in [2.75, 3.05) is 6.61 Å². The number of rotatable bonds is 7. The van der Waals surface area contributed by atoms with Crippen LogP contribution in [0.4, 0.5) is 0 Å². The normalized spacial score (nSPS) is 39.9. The first-order chi connectivity index (χ1) is 16.3. The molecule has 0 amide bonds. The van der Waals surface area contributed by atoms with E-state index in [0.29, 0.717) is 32.1 Å². The van der Waals surface area contributed by atoms with E-state index in [-0.39, 0.29) is 36.4 Å². The largest absolute Gasteiger partial charge is 0.458 e. The predicted molar refractivity (Wildman–Crippen MR) is 116 cm³/mol. The first-order valence-electron chi connectivity index (χ1n) is 11.9. The maximum Gasteiger partial charge on any atom is 0.303 e. The zero-order valence-corrected chi connectivity index (χ0v) is 20.0. The van der Waals surface area contributed by atoms with E-state index in [4.69, 9.17) is 14.4 Å². The van der Waals surface area contributed by atoms with Crippen LogP contribution in [0.5, 0.6) is 0 Å². The molecule has 0 aromatic rings. The van der Waals surface area contributed by atoms with Crippen molar-refractivity contribution in [1.82, 2.24) is 0 Å². The van der Waals surface area contributed by atoms with E-state index in [2.05, 4.69) is 0 Å². The van der Waals surface area contributed by atoms with Gasteiger partial charge in [0.2, 0.25) is 5.78 Å². The number of fused-ring (bicyclic) bond motifs is 5. The zero-order valence-electron chi connectivity index (χ0n) is 20.0. The van der Waals surface area contributed by atoms with Gasteiger partial charge in [-0.2, -0.15) is 0 Å². The summed E-state index contributed by atoms with van der Waals surface area (Å²) in [4.78, 5) is 70.3. The van der Waals surface area contributed by atoms with Crippen molar-refractivity contribution in [3.63, 3.8) is 0 Å². The van der Waals surface area contributed by atoms with Gasteiger partial charge < -0.3 is 9.57 Å². The zero-order chi connectivity index (χ0) is 25.8. The number of hydrogen-bond donors (Lipinski definition) is 0. The molecule has 4 rings (SSSR count). The molecule has 0 heterocycles. The Kier molecular flexibility index (Phi) is 6.13. The molecule has 0 bridgehead atoms. The molecular weight excluding hydrogens is 464 g/mol. The van der Waals surface area contributed by atoms with E-state index in [0.717, 1.165) is 12.5 Å². The lowest BCUT2D eigenvalue weighted by molar-refractivity contribution is -0.784. The summed E-state index contributed by atoms with van der Waals surface area (Å²) in [6, 6.07) is 0. The third-order valence-corrected chi connectivity index (χ3v) is 9.30. The van der Waals surface area contributed by atoms with Crippen LogP contribution in [0, 0.1) is 48.8 Å². The van der Waals surface area contributed by atoms with Gasteiger partial charge in [-0.3, -0.25) is 19.2 Å². The highest BCUT2D eigenvalue weighted by atomic mass is 17.0. The molecule has 0 saturated heterocycles. The number of carbonyl (C=O) groups is 3. The lowest BCUT2D eigenvalue weighted by Crippen LogP contribution is -2.63. The molecule has 0 radical (unpaired) electrons. The predicted octanol–water partition coefficient (Wildman–Crippen LogP) is 2.78. The van der Waals surface area contributed by atoms with Crippen LogP contribution in [-0.2, 0) is 28.8 Å². The fraction of sp³-hybridized carbons (Fsp3) is 0.783. The third kappa shape index (κ3) is 3.86. The van der Waals surface area contributed by atoms with Crippen LogP contribution in [0.25, 0.3) is 0 Å². The number of ketones is 2. The van der Waals surface area contributed by atoms with Crippen molar-refractivity contribution >= 4 is 17.5 Å². The molecule has 0 aromatic carbocycles. The van der Waals surface area contributed by atoms with Gasteiger partial charge in [-0.1, -0.05) is 19.4 Å². The second-order valence-electron chi connectivity index (χ2n) is 10.8. The van der Waals surface area contributed by atoms with Gasteiger partial charge >= 0.3 is 5.97 Å². The van der Waals surface area contributed by atoms with Gasteiger partial charge in [0.1, 0.15) is 6.10 Å². The Balaban J connectivity index is 1.79. The molecule has 4 aliphatic carbocycles. The SMILES string of the molecule is CC(=O)OCC(=O)[C@@]1(O[N+](=O)[O-])CC[C@H]2[C@@H]3CCC4=CC(=O)CC[C@]4(C)[C@H]3C(O[N+](=O)[O-])C[C@@]21C. The van der Waals surface area contributed by atoms with Gasteiger partial charge in [0, 0.05) is 18.8 Å². The molecule has 3 fully saturated rings. The summed E-state index contributed by atoms with van der Waals surface area (Å²) in [5.41, 5.74) is -2.61. The Labute approximate surface area is 201 Å². The summed E-state index contributed by atoms with van der Waals surface area (Å²) in [6.07, 6.45) is 3.29. The van der Waals surface area contributed by atoms with Gasteiger partial charge in [0.05, 0.1) is 0 Å². The van der Waals surface area contributed by atoms with Crippen LogP contribution in [0.15, 0.2) is 11.6 Å². The molecule has 0 aromatic heterocycles. The number of carbonyl (C=O) groups excluding carboxylic acids is 3. The quantitative estimate of drug-likeness (QED) is 0.292. The first kappa shape index (κ1) is 25.1. The van der Waals surface area contributed by atoms with Gasteiger partial charge in [-0.05, 0) is 67.8 Å². The van der Waals surface area contributed by atoms with Gasteiger partial charge in [-0.15, -0.1) is 20.2 Å². The minimum absolute atomic E-state index is 0.0176. The van der Waals surface area contributed by atoms with Gasteiger partial charge in [-0.25, -0.2) is 0 Å². The highest BCUT2D eigenvalue weighted by Crippen LogP contribution is 2.68. The summed E-state index contributed by atoms with van der Waals surface area (Å²) in [7, 11) is 0. The number of hydrogen-bond acceptors (Lipinski definition) is 10. The molecule has 0 aliphatic heterocycles. The van der Waals surface area contributed by atoms with Crippen molar-refractivity contribution in [3.8, 4) is 0 Å². The van der Waals surface area contributed by atoms with Crippen LogP contribution in [0.3, 0.4) is 0 Å². The van der Waals surface area contributed by atoms with E-state index in [1.165, 1.54) is 0 Å². The highest BCUT2D eigenvalue weighted by Gasteiger charge is 2.71. The van der Waals surface area contributed by atoms with Crippen molar-refractivity contribution in [1.29, 1.82) is 0 Å². The Hall–Kier alpha value is -3.05. The molecular formula is C23H30N2O10. The third-order valence-electron chi connectivity index (χ3n) is 9.30. The average molecular weight is 494 g/mol. The summed E-state index contributed by atoms with van der Waals surface area (Å²) in [5, 5.41) is 21.3. The number of ether oxygens (including phenoxy) is 1. The van der Waals surface area contributed by atoms with Crippen LogP contribution in [-0.4, -0.2) is 46.0 Å². The van der Waals surface area contributed by atoms with Crippen LogP contribution in [0.1, 0.15) is 65.7 Å². The molecule has 12 heteroatoms. The van der Waals surface area contributed by atoms with Crippen molar-refractivity contribution in [2.24, 2.45) is 28.6 Å². The molecule has 12 nitrogen and oxygen atoms in total. The van der Waals surface area contributed by atoms with Crippen LogP contribution >= 0.6 is 0 Å². The minimum Gasteiger partial charge on any atom is -0.458 e. The van der Waals surface area contributed by atoms with Crippen molar-refractivity contribution < 1.29 is 39.0 Å². The van der Waals surface area contributed by atoms with Crippen LogP contribution < -0.4 is 0 Å². The summed E-state index contributed by atoms with van der Waals surface area (Å²) < 4.78 is 4.87. The molecule has 35 heavy (non-hydrogen) atoms. The summed E-state index contributed by atoms with van der Waals surface area (Å²) >= 11 is 0. The topological polar surface area (TPSA) is 165 Å². The Bertz CT molecular complexity index is 1010. The fourth-order valence-corrected chi connectivity index (χ4v) is 7.92. The van der Waals surface area contributed by atoms with Crippen LogP contribution in [0.2, 0.25) is 0 Å².